The first kappa shape index (κ1) is 29.5. The van der Waals surface area contributed by atoms with Crippen LogP contribution in [0, 0.1) is 0 Å². The van der Waals surface area contributed by atoms with E-state index in [1.165, 1.54) is 0 Å². The van der Waals surface area contributed by atoms with Crippen molar-refractivity contribution < 1.29 is 33.7 Å². The van der Waals surface area contributed by atoms with Crippen molar-refractivity contribution in [2.24, 2.45) is 0 Å². The van der Waals surface area contributed by atoms with Crippen LogP contribution in [-0.4, -0.2) is 79.0 Å². The molecular weight excluding hydrogens is 491 g/mol. The molecule has 3 atom stereocenters. The molecular formula is C29H39FN2O6. The van der Waals surface area contributed by atoms with Gasteiger partial charge < -0.3 is 25.0 Å². The van der Waals surface area contributed by atoms with Gasteiger partial charge in [0.1, 0.15) is 17.6 Å². The van der Waals surface area contributed by atoms with E-state index < -0.39 is 18.2 Å². The summed E-state index contributed by atoms with van der Waals surface area (Å²) in [5.74, 6) is 1.01. The highest BCUT2D eigenvalue weighted by Gasteiger charge is 2.29. The number of methoxy groups -OCH3 is 1. The molecule has 0 spiro atoms. The first-order valence-electron chi connectivity index (χ1n) is 13.2. The highest BCUT2D eigenvalue weighted by Crippen LogP contribution is 2.23. The number of alkyl halides is 1. The van der Waals surface area contributed by atoms with Crippen LogP contribution in [0.4, 0.5) is 4.39 Å². The second-order valence-corrected chi connectivity index (χ2v) is 9.64. The van der Waals surface area contributed by atoms with Crippen LogP contribution in [0.1, 0.15) is 60.6 Å². The minimum Gasteiger partial charge on any atom is -0.497 e. The summed E-state index contributed by atoms with van der Waals surface area (Å²) in [5, 5.41) is 24.0. The van der Waals surface area contributed by atoms with Crippen molar-refractivity contribution in [3.63, 3.8) is 0 Å². The van der Waals surface area contributed by atoms with E-state index in [1.54, 1.807) is 55.6 Å². The molecule has 3 N–H and O–H groups in total. The van der Waals surface area contributed by atoms with Crippen LogP contribution in [0.25, 0.3) is 0 Å². The van der Waals surface area contributed by atoms with E-state index in [1.807, 2.05) is 4.90 Å². The summed E-state index contributed by atoms with van der Waals surface area (Å²) < 4.78 is 23.0. The maximum Gasteiger partial charge on any atom is 0.220 e. The number of carbonyl (C=O) groups excluding carboxylic acids is 2. The highest BCUT2D eigenvalue weighted by atomic mass is 19.1. The summed E-state index contributed by atoms with van der Waals surface area (Å²) in [6.07, 6.45) is 1.12. The number of ketones is 1. The predicted octanol–water partition coefficient (Wildman–Crippen LogP) is 3.46. The summed E-state index contributed by atoms with van der Waals surface area (Å²) in [6.45, 7) is 1.61. The number of likely N-dealkylation sites (tertiary alicyclic amines) is 1. The third-order valence-corrected chi connectivity index (χ3v) is 6.67. The number of carbonyl (C=O) groups is 2. The number of hydrogen-bond acceptors (Lipinski definition) is 7. The van der Waals surface area contributed by atoms with Crippen LogP contribution < -0.4 is 14.8 Å². The molecule has 1 aliphatic rings. The summed E-state index contributed by atoms with van der Waals surface area (Å²) in [6, 6.07) is 13.3. The van der Waals surface area contributed by atoms with Crippen molar-refractivity contribution in [1.82, 2.24) is 10.2 Å². The fraction of sp³-hybridized carbons (Fsp3) is 0.517. The van der Waals surface area contributed by atoms with Gasteiger partial charge in [-0.1, -0.05) is 12.1 Å². The molecule has 0 aromatic heterocycles. The number of unbranched alkanes of at least 4 members (excludes halogenated alkanes) is 1. The van der Waals surface area contributed by atoms with Gasteiger partial charge in [-0.2, -0.15) is 0 Å². The number of nitrogens with one attached hydrogen (secondary N) is 1. The quantitative estimate of drug-likeness (QED) is 0.225. The van der Waals surface area contributed by atoms with Crippen molar-refractivity contribution >= 4 is 11.7 Å². The fourth-order valence-corrected chi connectivity index (χ4v) is 4.47. The van der Waals surface area contributed by atoms with E-state index in [2.05, 4.69) is 5.32 Å². The fourth-order valence-electron chi connectivity index (χ4n) is 4.47. The van der Waals surface area contributed by atoms with Gasteiger partial charge in [-0.25, -0.2) is 0 Å². The first-order chi connectivity index (χ1) is 18.4. The first-order valence-corrected chi connectivity index (χ1v) is 13.2. The molecule has 2 aromatic rings. The number of benzene rings is 2. The average molecular weight is 531 g/mol. The van der Waals surface area contributed by atoms with E-state index in [0.717, 1.165) is 0 Å². The summed E-state index contributed by atoms with van der Waals surface area (Å²) >= 11 is 0. The molecule has 1 amide bonds. The highest BCUT2D eigenvalue weighted by molar-refractivity contribution is 5.96. The van der Waals surface area contributed by atoms with E-state index >= 15 is 0 Å². The minimum absolute atomic E-state index is 0.0462. The molecule has 1 fully saturated rings. The maximum absolute atomic E-state index is 12.8. The standard InChI is InChI=1S/C29H39FN2O6/c1-37-24-11-7-21(8-12-24)27(34)5-4-6-28(35)31-26(20-32-17-15-23(33)19-32)29(36)22-9-13-25(14-10-22)38-18-3-2-16-30/h7-14,23,26,29,33,36H,2-6,15-20H2,1H3,(H,31,35). The number of halogens is 1. The van der Waals surface area contributed by atoms with Crippen LogP contribution >= 0.6 is 0 Å². The Morgan fingerprint density at radius 2 is 1.76 bits per heavy atom. The van der Waals surface area contributed by atoms with E-state index in [-0.39, 0.29) is 31.2 Å². The lowest BCUT2D eigenvalue weighted by Crippen LogP contribution is -2.47. The Morgan fingerprint density at radius 1 is 1.05 bits per heavy atom. The SMILES string of the molecule is COc1ccc(C(=O)CCCC(=O)NC(CN2CCC(O)C2)C(O)c2ccc(OCCCCF)cc2)cc1. The Morgan fingerprint density at radius 3 is 2.39 bits per heavy atom. The number of aliphatic hydroxyl groups is 2. The number of hydrogen-bond donors (Lipinski definition) is 3. The molecule has 38 heavy (non-hydrogen) atoms. The lowest BCUT2D eigenvalue weighted by Gasteiger charge is -2.29. The van der Waals surface area contributed by atoms with Gasteiger partial charge in [-0.15, -0.1) is 0 Å². The largest absolute Gasteiger partial charge is 0.497 e. The lowest BCUT2D eigenvalue weighted by molar-refractivity contribution is -0.123. The molecule has 1 saturated heterocycles. The van der Waals surface area contributed by atoms with E-state index in [9.17, 15) is 24.2 Å². The summed E-state index contributed by atoms with van der Waals surface area (Å²) in [7, 11) is 1.56. The van der Waals surface area contributed by atoms with Gasteiger partial charge in [0.15, 0.2) is 5.78 Å². The number of aliphatic hydroxyl groups excluding tert-OH is 2. The Hall–Kier alpha value is -3.01. The van der Waals surface area contributed by atoms with Gasteiger partial charge in [-0.05, 0) is 67.6 Å². The number of Topliss-reactive ketones (excluding diaryl/α,β-unsaturated/α-hetero) is 1. The van der Waals surface area contributed by atoms with Gasteiger partial charge in [0, 0.05) is 38.0 Å². The van der Waals surface area contributed by atoms with Crippen LogP contribution in [0.15, 0.2) is 48.5 Å². The molecule has 1 aliphatic heterocycles. The van der Waals surface area contributed by atoms with Crippen LogP contribution in [0.2, 0.25) is 0 Å². The Balaban J connectivity index is 1.55. The van der Waals surface area contributed by atoms with Gasteiger partial charge in [0.2, 0.25) is 5.91 Å². The summed E-state index contributed by atoms with van der Waals surface area (Å²) in [5.41, 5.74) is 1.20. The predicted molar refractivity (Wildman–Crippen MR) is 142 cm³/mol. The molecule has 8 nitrogen and oxygen atoms in total. The van der Waals surface area contributed by atoms with Gasteiger partial charge in [0.05, 0.1) is 32.5 Å². The molecule has 3 rings (SSSR count). The number of amides is 1. The molecule has 0 radical (unpaired) electrons. The van der Waals surface area contributed by atoms with Crippen LogP contribution in [-0.2, 0) is 4.79 Å². The molecule has 0 aliphatic carbocycles. The number of nitrogens with zero attached hydrogens (tertiary/aromatic N) is 1. The average Bonchev–Trinajstić information content (AvgIpc) is 3.35. The van der Waals surface area contributed by atoms with Gasteiger partial charge in [-0.3, -0.25) is 18.9 Å². The second-order valence-electron chi connectivity index (χ2n) is 9.64. The monoisotopic (exact) mass is 530 g/mol. The summed E-state index contributed by atoms with van der Waals surface area (Å²) in [4.78, 5) is 27.3. The lowest BCUT2D eigenvalue weighted by atomic mass is 10.0. The molecule has 0 bridgehead atoms. The van der Waals surface area contributed by atoms with Crippen LogP contribution in [0.3, 0.4) is 0 Å². The van der Waals surface area contributed by atoms with Crippen molar-refractivity contribution in [3.05, 3.63) is 59.7 Å². The Labute approximate surface area is 223 Å². The van der Waals surface area contributed by atoms with Gasteiger partial charge in [0.25, 0.3) is 0 Å². The Kier molecular flexibility index (Phi) is 12.0. The number of β-amino-alcohol motifs (C(OH)–C–C–N with tert-alkyl or cyclic N) is 1. The maximum atomic E-state index is 12.8. The minimum atomic E-state index is -0.974. The number of ether oxygens (including phenoxy) is 2. The van der Waals surface area contributed by atoms with Crippen molar-refractivity contribution in [2.75, 3.05) is 40.0 Å². The molecule has 3 unspecified atom stereocenters. The Bertz CT molecular complexity index is 1000. The number of rotatable bonds is 16. The van der Waals surface area contributed by atoms with Crippen molar-refractivity contribution in [1.29, 1.82) is 0 Å². The third-order valence-electron chi connectivity index (χ3n) is 6.67. The normalized spacial score (nSPS) is 17.1. The second kappa shape index (κ2) is 15.4. The van der Waals surface area contributed by atoms with E-state index in [4.69, 9.17) is 9.47 Å². The third kappa shape index (κ3) is 9.38. The van der Waals surface area contributed by atoms with Crippen LogP contribution in [0.5, 0.6) is 11.5 Å². The van der Waals surface area contributed by atoms with Crippen molar-refractivity contribution in [3.8, 4) is 11.5 Å². The zero-order valence-corrected chi connectivity index (χ0v) is 22.0. The zero-order valence-electron chi connectivity index (χ0n) is 22.0. The van der Waals surface area contributed by atoms with Crippen molar-refractivity contribution in [2.45, 2.75) is 56.8 Å². The van der Waals surface area contributed by atoms with Gasteiger partial charge >= 0.3 is 0 Å². The zero-order chi connectivity index (χ0) is 27.3. The molecule has 2 aromatic carbocycles. The molecule has 0 saturated carbocycles. The molecule has 208 valence electrons. The molecule has 9 heteroatoms. The topological polar surface area (TPSA) is 108 Å². The van der Waals surface area contributed by atoms with E-state index in [0.29, 0.717) is 74.6 Å². The smallest absolute Gasteiger partial charge is 0.220 e. The molecule has 1 heterocycles.